The Balaban J connectivity index is 2.71. The van der Waals surface area contributed by atoms with Gasteiger partial charge in [-0.25, -0.2) is 0 Å². The lowest BCUT2D eigenvalue weighted by Crippen LogP contribution is -2.40. The van der Waals surface area contributed by atoms with Gasteiger partial charge >= 0.3 is 5.97 Å². The number of carbonyl (C=O) groups is 2. The highest BCUT2D eigenvalue weighted by Crippen LogP contribution is 2.17. The molecule has 110 valence electrons. The summed E-state index contributed by atoms with van der Waals surface area (Å²) in [7, 11) is 0. The normalized spacial score (nSPS) is 10.4. The first-order chi connectivity index (χ1) is 9.38. The van der Waals surface area contributed by atoms with Crippen molar-refractivity contribution in [3.8, 4) is 0 Å². The number of nitrogens with zero attached hydrogens (tertiary/aromatic N) is 1. The first kappa shape index (κ1) is 16.3. The van der Waals surface area contributed by atoms with Gasteiger partial charge in [0.25, 0.3) is 0 Å². The summed E-state index contributed by atoms with van der Waals surface area (Å²) >= 11 is 5.80. The zero-order chi connectivity index (χ0) is 15.1. The number of anilines is 1. The second-order valence-corrected chi connectivity index (χ2v) is 5.36. The molecular weight excluding hydrogens is 280 g/mol. The van der Waals surface area contributed by atoms with Gasteiger partial charge in [-0.1, -0.05) is 25.4 Å². The number of halogens is 1. The van der Waals surface area contributed by atoms with Crippen molar-refractivity contribution in [1.29, 1.82) is 0 Å². The van der Waals surface area contributed by atoms with Crippen LogP contribution in [-0.4, -0.2) is 36.6 Å². The monoisotopic (exact) mass is 298 g/mol. The summed E-state index contributed by atoms with van der Waals surface area (Å²) in [6, 6.07) is 6.72. The van der Waals surface area contributed by atoms with Crippen LogP contribution in [0, 0.1) is 5.92 Å². The summed E-state index contributed by atoms with van der Waals surface area (Å²) in [5, 5.41) is 12.3. The van der Waals surface area contributed by atoms with Crippen LogP contribution in [-0.2, 0) is 9.59 Å². The Kier molecular flexibility index (Phi) is 6.31. The van der Waals surface area contributed by atoms with Crippen molar-refractivity contribution in [3.05, 3.63) is 29.3 Å². The van der Waals surface area contributed by atoms with E-state index in [2.05, 4.69) is 5.32 Å². The van der Waals surface area contributed by atoms with Gasteiger partial charge in [-0.3, -0.25) is 9.59 Å². The molecule has 0 atom stereocenters. The van der Waals surface area contributed by atoms with Crippen molar-refractivity contribution in [2.45, 2.75) is 13.8 Å². The minimum atomic E-state index is -0.989. The van der Waals surface area contributed by atoms with Crippen LogP contribution in [0.25, 0.3) is 0 Å². The van der Waals surface area contributed by atoms with Gasteiger partial charge in [0.05, 0.1) is 6.54 Å². The molecule has 0 bridgehead atoms. The highest BCUT2D eigenvalue weighted by atomic mass is 35.5. The number of carboxylic acid groups (broad SMARTS) is 1. The van der Waals surface area contributed by atoms with Crippen LogP contribution in [0.4, 0.5) is 5.69 Å². The zero-order valence-corrected chi connectivity index (χ0v) is 12.4. The number of carbonyl (C=O) groups excluding carboxylic acids is 1. The molecule has 5 nitrogen and oxygen atoms in total. The molecular formula is C14H19ClN2O3. The number of amides is 1. The Hall–Kier alpha value is -1.75. The zero-order valence-electron chi connectivity index (χ0n) is 11.6. The predicted octanol–water partition coefficient (Wildman–Crippen LogP) is 2.00. The summed E-state index contributed by atoms with van der Waals surface area (Å²) in [6.07, 6.45) is 0. The first-order valence-corrected chi connectivity index (χ1v) is 6.75. The Labute approximate surface area is 123 Å². The molecule has 0 aliphatic heterocycles. The fourth-order valence-electron chi connectivity index (χ4n) is 1.60. The average Bonchev–Trinajstić information content (AvgIpc) is 2.36. The molecule has 0 heterocycles. The van der Waals surface area contributed by atoms with Crippen molar-refractivity contribution in [3.63, 3.8) is 0 Å². The molecule has 0 radical (unpaired) electrons. The van der Waals surface area contributed by atoms with Crippen LogP contribution in [0.2, 0.25) is 5.02 Å². The highest BCUT2D eigenvalue weighted by molar-refractivity contribution is 6.30. The number of hydrogen-bond donors (Lipinski definition) is 2. The number of rotatable bonds is 7. The average molecular weight is 299 g/mol. The lowest BCUT2D eigenvalue weighted by atomic mass is 10.2. The van der Waals surface area contributed by atoms with Crippen LogP contribution >= 0.6 is 11.6 Å². The van der Waals surface area contributed by atoms with Crippen LogP contribution < -0.4 is 10.2 Å². The summed E-state index contributed by atoms with van der Waals surface area (Å²) in [5.74, 6) is -0.839. The molecule has 0 spiro atoms. The third kappa shape index (κ3) is 5.93. The fourth-order valence-corrected chi connectivity index (χ4v) is 1.73. The molecule has 0 aliphatic rings. The van der Waals surface area contributed by atoms with Crippen molar-refractivity contribution in [2.75, 3.05) is 24.5 Å². The molecule has 1 amide bonds. The van der Waals surface area contributed by atoms with Crippen LogP contribution in [0.5, 0.6) is 0 Å². The predicted molar refractivity (Wildman–Crippen MR) is 79.1 cm³/mol. The van der Waals surface area contributed by atoms with Gasteiger partial charge in [0.1, 0.15) is 6.54 Å². The molecule has 0 saturated heterocycles. The number of hydrogen-bond acceptors (Lipinski definition) is 3. The lowest BCUT2D eigenvalue weighted by Gasteiger charge is -2.22. The van der Waals surface area contributed by atoms with E-state index in [0.29, 0.717) is 23.2 Å². The lowest BCUT2D eigenvalue weighted by molar-refractivity contribution is -0.135. The van der Waals surface area contributed by atoms with Gasteiger partial charge in [-0.05, 0) is 30.2 Å². The Bertz CT molecular complexity index is 460. The molecule has 0 unspecified atom stereocenters. The molecule has 0 fully saturated rings. The maximum Gasteiger partial charge on any atom is 0.323 e. The minimum absolute atomic E-state index is 0.000647. The van der Waals surface area contributed by atoms with Crippen LogP contribution in [0.3, 0.4) is 0 Å². The topological polar surface area (TPSA) is 69.6 Å². The molecule has 0 aromatic heterocycles. The van der Waals surface area contributed by atoms with Crippen LogP contribution in [0.1, 0.15) is 13.8 Å². The minimum Gasteiger partial charge on any atom is -0.480 e. The summed E-state index contributed by atoms with van der Waals surface area (Å²) in [4.78, 5) is 24.2. The number of benzene rings is 1. The molecule has 1 rings (SSSR count). The molecule has 6 heteroatoms. The van der Waals surface area contributed by atoms with Gasteiger partial charge < -0.3 is 15.3 Å². The van der Waals surface area contributed by atoms with E-state index in [-0.39, 0.29) is 19.0 Å². The van der Waals surface area contributed by atoms with Crippen molar-refractivity contribution >= 4 is 29.2 Å². The summed E-state index contributed by atoms with van der Waals surface area (Å²) in [6.45, 7) is 4.32. The Morgan fingerprint density at radius 1 is 1.25 bits per heavy atom. The Morgan fingerprint density at radius 3 is 2.35 bits per heavy atom. The van der Waals surface area contributed by atoms with E-state index in [9.17, 15) is 9.59 Å². The Morgan fingerprint density at radius 2 is 1.85 bits per heavy atom. The maximum absolute atomic E-state index is 11.8. The standard InChI is InChI=1S/C14H19ClN2O3/c1-10(2)7-16-13(18)8-17(9-14(19)20)12-5-3-11(15)4-6-12/h3-6,10H,7-9H2,1-2H3,(H,16,18)(H,19,20). The third-order valence-electron chi connectivity index (χ3n) is 2.56. The van der Waals surface area contributed by atoms with E-state index in [1.54, 1.807) is 24.3 Å². The number of carboxylic acids is 1. The van der Waals surface area contributed by atoms with Crippen LogP contribution in [0.15, 0.2) is 24.3 Å². The van der Waals surface area contributed by atoms with Gasteiger partial charge in [0.15, 0.2) is 0 Å². The van der Waals surface area contributed by atoms with E-state index in [1.807, 2.05) is 13.8 Å². The smallest absolute Gasteiger partial charge is 0.323 e. The number of nitrogens with one attached hydrogen (secondary N) is 1. The molecule has 1 aromatic carbocycles. The van der Waals surface area contributed by atoms with Gasteiger partial charge in [-0.15, -0.1) is 0 Å². The highest BCUT2D eigenvalue weighted by Gasteiger charge is 2.14. The largest absolute Gasteiger partial charge is 0.480 e. The van der Waals surface area contributed by atoms with E-state index in [4.69, 9.17) is 16.7 Å². The molecule has 0 aliphatic carbocycles. The van der Waals surface area contributed by atoms with E-state index >= 15 is 0 Å². The van der Waals surface area contributed by atoms with E-state index in [1.165, 1.54) is 4.90 Å². The van der Waals surface area contributed by atoms with Crippen molar-refractivity contribution in [1.82, 2.24) is 5.32 Å². The second-order valence-electron chi connectivity index (χ2n) is 4.92. The van der Waals surface area contributed by atoms with Crippen molar-refractivity contribution in [2.24, 2.45) is 5.92 Å². The molecule has 1 aromatic rings. The molecule has 0 saturated carbocycles. The third-order valence-corrected chi connectivity index (χ3v) is 2.81. The molecule has 20 heavy (non-hydrogen) atoms. The maximum atomic E-state index is 11.8. The fraction of sp³-hybridized carbons (Fsp3) is 0.429. The van der Waals surface area contributed by atoms with E-state index in [0.717, 1.165) is 0 Å². The van der Waals surface area contributed by atoms with Crippen molar-refractivity contribution < 1.29 is 14.7 Å². The van der Waals surface area contributed by atoms with Gasteiger partial charge in [-0.2, -0.15) is 0 Å². The van der Waals surface area contributed by atoms with Gasteiger partial charge in [0, 0.05) is 17.3 Å². The summed E-state index contributed by atoms with van der Waals surface area (Å²) in [5.41, 5.74) is 0.650. The quantitative estimate of drug-likeness (QED) is 0.808. The second kappa shape index (κ2) is 7.75. The number of aliphatic carboxylic acids is 1. The van der Waals surface area contributed by atoms with E-state index < -0.39 is 5.97 Å². The van der Waals surface area contributed by atoms with Gasteiger partial charge in [0.2, 0.25) is 5.91 Å². The first-order valence-electron chi connectivity index (χ1n) is 6.37. The molecule has 2 N–H and O–H groups in total. The summed E-state index contributed by atoms with van der Waals surface area (Å²) < 4.78 is 0. The SMILES string of the molecule is CC(C)CNC(=O)CN(CC(=O)O)c1ccc(Cl)cc1.